The number of rotatable bonds is 6. The van der Waals surface area contributed by atoms with E-state index in [0.717, 1.165) is 5.69 Å². The summed E-state index contributed by atoms with van der Waals surface area (Å²) in [5, 5.41) is 16.2. The van der Waals surface area contributed by atoms with Crippen molar-refractivity contribution in [2.24, 2.45) is 0 Å². The van der Waals surface area contributed by atoms with Gasteiger partial charge in [0.15, 0.2) is 6.79 Å². The number of hydrogen-bond donors (Lipinski definition) is 0. The molecule has 0 saturated carbocycles. The zero-order valence-electron chi connectivity index (χ0n) is 17.1. The molecule has 0 radical (unpaired) electrons. The summed E-state index contributed by atoms with van der Waals surface area (Å²) >= 11 is 1.41. The molecule has 1 aliphatic rings. The summed E-state index contributed by atoms with van der Waals surface area (Å²) in [5.74, 6) is 0.427. The second-order valence-electron chi connectivity index (χ2n) is 6.87. The third kappa shape index (κ3) is 4.16. The minimum absolute atomic E-state index is 0.0177. The molecule has 0 unspecified atom stereocenters. The SMILES string of the molecule is CSc1nc2nc(C)c(CC(=O)OCc3cc([N+](=O)[O-])cc4c3OCOC4)c(C)n2n1. The topological polar surface area (TPSA) is 131 Å². The van der Waals surface area contributed by atoms with E-state index in [1.165, 1.54) is 23.9 Å². The zero-order chi connectivity index (χ0) is 22.1. The first kappa shape index (κ1) is 21.0. The molecule has 0 aliphatic carbocycles. The molecule has 0 atom stereocenters. The van der Waals surface area contributed by atoms with Crippen molar-refractivity contribution in [2.45, 2.75) is 38.6 Å². The molecule has 4 rings (SSSR count). The van der Waals surface area contributed by atoms with Crippen LogP contribution in [0.2, 0.25) is 0 Å². The number of thioether (sulfide) groups is 1. The highest BCUT2D eigenvalue weighted by molar-refractivity contribution is 7.98. The monoisotopic (exact) mass is 445 g/mol. The van der Waals surface area contributed by atoms with Gasteiger partial charge in [0.2, 0.25) is 5.16 Å². The molecule has 0 amide bonds. The van der Waals surface area contributed by atoms with E-state index < -0.39 is 10.9 Å². The van der Waals surface area contributed by atoms with Gasteiger partial charge in [0, 0.05) is 40.2 Å². The van der Waals surface area contributed by atoms with Crippen molar-refractivity contribution in [3.8, 4) is 5.75 Å². The quantitative estimate of drug-likeness (QED) is 0.241. The van der Waals surface area contributed by atoms with E-state index in [4.69, 9.17) is 14.2 Å². The molecule has 1 aromatic carbocycles. The van der Waals surface area contributed by atoms with Crippen molar-refractivity contribution in [2.75, 3.05) is 13.0 Å². The maximum absolute atomic E-state index is 12.6. The largest absolute Gasteiger partial charge is 0.467 e. The van der Waals surface area contributed by atoms with Crippen LogP contribution in [-0.4, -0.2) is 43.5 Å². The van der Waals surface area contributed by atoms with Gasteiger partial charge in [-0.1, -0.05) is 11.8 Å². The van der Waals surface area contributed by atoms with Gasteiger partial charge in [0.1, 0.15) is 12.4 Å². The number of hydrogen-bond acceptors (Lipinski definition) is 10. The molecule has 0 bridgehead atoms. The van der Waals surface area contributed by atoms with E-state index in [1.807, 2.05) is 13.2 Å². The number of nitro benzene ring substituents is 1. The first-order chi connectivity index (χ1) is 14.9. The summed E-state index contributed by atoms with van der Waals surface area (Å²) in [4.78, 5) is 32.0. The van der Waals surface area contributed by atoms with Crippen LogP contribution in [-0.2, 0) is 33.9 Å². The lowest BCUT2D eigenvalue weighted by molar-refractivity contribution is -0.385. The Morgan fingerprint density at radius 3 is 2.90 bits per heavy atom. The number of nitro groups is 1. The fourth-order valence-corrected chi connectivity index (χ4v) is 3.72. The highest BCUT2D eigenvalue weighted by Crippen LogP contribution is 2.33. The first-order valence-corrected chi connectivity index (χ1v) is 10.5. The van der Waals surface area contributed by atoms with Crippen LogP contribution in [0.25, 0.3) is 5.78 Å². The second kappa shape index (κ2) is 8.47. The van der Waals surface area contributed by atoms with Gasteiger partial charge >= 0.3 is 5.97 Å². The minimum atomic E-state index is -0.505. The maximum atomic E-state index is 12.6. The highest BCUT2D eigenvalue weighted by atomic mass is 32.2. The third-order valence-electron chi connectivity index (χ3n) is 4.90. The molecular formula is C19H19N5O6S. The lowest BCUT2D eigenvalue weighted by atomic mass is 10.1. The molecule has 0 spiro atoms. The van der Waals surface area contributed by atoms with Gasteiger partial charge in [0.25, 0.3) is 11.5 Å². The average molecular weight is 445 g/mol. The Labute approximate surface area is 180 Å². The maximum Gasteiger partial charge on any atom is 0.310 e. The number of carbonyl (C=O) groups excluding carboxylic acids is 1. The van der Waals surface area contributed by atoms with E-state index in [0.29, 0.717) is 39.1 Å². The van der Waals surface area contributed by atoms with E-state index in [-0.39, 0.29) is 32.1 Å². The van der Waals surface area contributed by atoms with Gasteiger partial charge in [0.05, 0.1) is 18.0 Å². The fraction of sp³-hybridized carbons (Fsp3) is 0.368. The van der Waals surface area contributed by atoms with E-state index in [9.17, 15) is 14.9 Å². The van der Waals surface area contributed by atoms with Crippen molar-refractivity contribution in [3.63, 3.8) is 0 Å². The van der Waals surface area contributed by atoms with Gasteiger partial charge < -0.3 is 14.2 Å². The number of fused-ring (bicyclic) bond motifs is 2. The first-order valence-electron chi connectivity index (χ1n) is 9.30. The molecule has 3 aromatic rings. The standard InChI is InChI=1S/C19H19N5O6S/c1-10-15(11(2)23-18(20-10)21-19(22-23)31-3)6-16(25)29-8-13-5-14(24(26)27)4-12-7-28-9-30-17(12)13/h4-5H,6-9H2,1-3H3. The Morgan fingerprint density at radius 1 is 1.35 bits per heavy atom. The van der Waals surface area contributed by atoms with Crippen LogP contribution in [0.5, 0.6) is 5.75 Å². The molecule has 31 heavy (non-hydrogen) atoms. The van der Waals surface area contributed by atoms with Crippen LogP contribution in [0.4, 0.5) is 5.69 Å². The van der Waals surface area contributed by atoms with Crippen molar-refractivity contribution < 1.29 is 23.9 Å². The summed E-state index contributed by atoms with van der Waals surface area (Å²) in [7, 11) is 0. The van der Waals surface area contributed by atoms with Crippen LogP contribution in [0.15, 0.2) is 17.3 Å². The molecule has 0 saturated heterocycles. The Balaban J connectivity index is 1.54. The van der Waals surface area contributed by atoms with Crippen LogP contribution < -0.4 is 4.74 Å². The minimum Gasteiger partial charge on any atom is -0.467 e. The number of esters is 1. The van der Waals surface area contributed by atoms with Crippen molar-refractivity contribution in [1.82, 2.24) is 19.6 Å². The molecule has 11 nitrogen and oxygen atoms in total. The number of aromatic nitrogens is 4. The molecule has 162 valence electrons. The second-order valence-corrected chi connectivity index (χ2v) is 7.64. The average Bonchev–Trinajstić information content (AvgIpc) is 3.18. The molecule has 0 fully saturated rings. The molecule has 1 aliphatic heterocycles. The Morgan fingerprint density at radius 2 is 2.16 bits per heavy atom. The number of aryl methyl sites for hydroxylation is 2. The van der Waals surface area contributed by atoms with Crippen LogP contribution >= 0.6 is 11.8 Å². The van der Waals surface area contributed by atoms with E-state index in [1.54, 1.807) is 11.4 Å². The van der Waals surface area contributed by atoms with E-state index >= 15 is 0 Å². The van der Waals surface area contributed by atoms with Gasteiger partial charge in [-0.3, -0.25) is 14.9 Å². The lowest BCUT2D eigenvalue weighted by Gasteiger charge is -2.20. The molecule has 0 N–H and O–H groups in total. The van der Waals surface area contributed by atoms with Gasteiger partial charge in [-0.05, 0) is 20.1 Å². The Bertz CT molecular complexity index is 1190. The third-order valence-corrected chi connectivity index (χ3v) is 5.44. The number of ether oxygens (including phenoxy) is 3. The number of carbonyl (C=O) groups is 1. The van der Waals surface area contributed by atoms with Crippen molar-refractivity contribution >= 4 is 29.2 Å². The number of benzene rings is 1. The smallest absolute Gasteiger partial charge is 0.310 e. The van der Waals surface area contributed by atoms with Crippen LogP contribution in [0, 0.1) is 24.0 Å². The lowest BCUT2D eigenvalue weighted by Crippen LogP contribution is -2.16. The van der Waals surface area contributed by atoms with Gasteiger partial charge in [-0.2, -0.15) is 4.98 Å². The highest BCUT2D eigenvalue weighted by Gasteiger charge is 2.22. The van der Waals surface area contributed by atoms with Crippen molar-refractivity contribution in [3.05, 3.63) is 50.3 Å². The summed E-state index contributed by atoms with van der Waals surface area (Å²) in [5.41, 5.74) is 2.96. The molecular weight excluding hydrogens is 426 g/mol. The normalized spacial score (nSPS) is 13.0. The number of non-ortho nitro benzene ring substituents is 1. The Hall–Kier alpha value is -3.25. The Kier molecular flexibility index (Phi) is 5.74. The zero-order valence-corrected chi connectivity index (χ0v) is 17.9. The predicted octanol–water partition coefficient (Wildman–Crippen LogP) is 2.52. The molecule has 12 heteroatoms. The summed E-state index contributed by atoms with van der Waals surface area (Å²) in [6.07, 6.45) is 1.86. The van der Waals surface area contributed by atoms with Crippen LogP contribution in [0.3, 0.4) is 0 Å². The van der Waals surface area contributed by atoms with Crippen LogP contribution in [0.1, 0.15) is 28.1 Å². The predicted molar refractivity (Wildman–Crippen MR) is 109 cm³/mol. The fourth-order valence-electron chi connectivity index (χ4n) is 3.38. The summed E-state index contributed by atoms with van der Waals surface area (Å²) < 4.78 is 17.7. The van der Waals surface area contributed by atoms with E-state index in [2.05, 4.69) is 15.1 Å². The summed E-state index contributed by atoms with van der Waals surface area (Å²) in [6, 6.07) is 2.75. The molecule has 3 heterocycles. The molecule has 2 aromatic heterocycles. The van der Waals surface area contributed by atoms with Gasteiger partial charge in [-0.15, -0.1) is 5.10 Å². The summed E-state index contributed by atoms with van der Waals surface area (Å²) in [6.45, 7) is 3.71. The van der Waals surface area contributed by atoms with Gasteiger partial charge in [-0.25, -0.2) is 9.50 Å². The number of nitrogens with zero attached hydrogens (tertiary/aromatic N) is 5. The van der Waals surface area contributed by atoms with Crippen molar-refractivity contribution in [1.29, 1.82) is 0 Å².